The minimum atomic E-state index is -4.40. The van der Waals surface area contributed by atoms with Gasteiger partial charge in [-0.25, -0.2) is 12.8 Å². The van der Waals surface area contributed by atoms with Gasteiger partial charge in [-0.3, -0.25) is 13.9 Å². The van der Waals surface area contributed by atoms with Crippen molar-refractivity contribution < 1.29 is 31.9 Å². The van der Waals surface area contributed by atoms with Crippen LogP contribution in [0.4, 0.5) is 10.1 Å². The second-order valence-corrected chi connectivity index (χ2v) is 12.8. The molecule has 4 aromatic rings. The number of amides is 2. The predicted molar refractivity (Wildman–Crippen MR) is 173 cm³/mol. The number of nitrogens with zero attached hydrogens (tertiary/aromatic N) is 2. The Morgan fingerprint density at radius 2 is 1.57 bits per heavy atom. The average molecular weight is 646 g/mol. The Hall–Kier alpha value is -4.90. The number of aryl methyl sites for hydroxylation is 1. The molecular weight excluding hydrogens is 609 g/mol. The van der Waals surface area contributed by atoms with E-state index in [2.05, 4.69) is 5.32 Å². The number of rotatable bonds is 12. The molecule has 0 saturated heterocycles. The molecule has 2 amide bonds. The van der Waals surface area contributed by atoms with Crippen molar-refractivity contribution in [3.63, 3.8) is 0 Å². The molecule has 1 aliphatic rings. The minimum absolute atomic E-state index is 0.0521. The quantitative estimate of drug-likeness (QED) is 0.236. The molecule has 0 aliphatic carbocycles. The van der Waals surface area contributed by atoms with E-state index in [9.17, 15) is 22.4 Å². The summed E-state index contributed by atoms with van der Waals surface area (Å²) in [6.45, 7) is 4.05. The van der Waals surface area contributed by atoms with Crippen LogP contribution in [0.5, 0.6) is 11.5 Å². The molecule has 0 fully saturated rings. The zero-order valence-corrected chi connectivity index (χ0v) is 26.5. The van der Waals surface area contributed by atoms with Crippen LogP contribution in [-0.2, 0) is 32.6 Å². The molecule has 1 unspecified atom stereocenters. The summed E-state index contributed by atoms with van der Waals surface area (Å²) >= 11 is 0. The van der Waals surface area contributed by atoms with E-state index in [4.69, 9.17) is 9.47 Å². The third-order valence-electron chi connectivity index (χ3n) is 7.55. The van der Waals surface area contributed by atoms with Gasteiger partial charge in [-0.05, 0) is 61.4 Å². The molecule has 5 rings (SSSR count). The number of carbonyl (C=O) groups is 2. The standard InChI is InChI=1S/C35H36FN3O6S/c1-3-37-35(41)31(21-26-9-5-4-6-10-26)38(23-27-11-7-8-25(2)20-27)34(40)24-39(29-14-12-28(36)13-15-29)46(42,43)30-16-17-32-33(22-30)45-19-18-44-32/h4-17,20,22,31H,3,18-19,21,23-24H2,1-2H3,(H,37,41). The van der Waals surface area contributed by atoms with Crippen molar-refractivity contribution in [1.29, 1.82) is 0 Å². The normalized spacial score (nSPS) is 13.0. The third kappa shape index (κ3) is 7.66. The predicted octanol–water partition coefficient (Wildman–Crippen LogP) is 4.88. The lowest BCUT2D eigenvalue weighted by atomic mass is 10.0. The van der Waals surface area contributed by atoms with Gasteiger partial charge in [-0.1, -0.05) is 60.2 Å². The van der Waals surface area contributed by atoms with Gasteiger partial charge >= 0.3 is 0 Å². The molecular formula is C35H36FN3O6S. The Balaban J connectivity index is 1.57. The molecule has 46 heavy (non-hydrogen) atoms. The third-order valence-corrected chi connectivity index (χ3v) is 9.32. The van der Waals surface area contributed by atoms with Crippen LogP contribution in [0.3, 0.4) is 0 Å². The lowest BCUT2D eigenvalue weighted by molar-refractivity contribution is -0.140. The number of carbonyl (C=O) groups excluding carboxylic acids is 2. The van der Waals surface area contributed by atoms with Crippen molar-refractivity contribution in [3.05, 3.63) is 120 Å². The summed E-state index contributed by atoms with van der Waals surface area (Å²) in [5.74, 6) is -0.871. The lowest BCUT2D eigenvalue weighted by Gasteiger charge is -2.34. The molecule has 240 valence electrons. The maximum absolute atomic E-state index is 14.5. The van der Waals surface area contributed by atoms with E-state index in [0.29, 0.717) is 18.9 Å². The van der Waals surface area contributed by atoms with Crippen LogP contribution in [0.25, 0.3) is 0 Å². The van der Waals surface area contributed by atoms with Crippen molar-refractivity contribution in [2.75, 3.05) is 30.6 Å². The van der Waals surface area contributed by atoms with Crippen LogP contribution >= 0.6 is 0 Å². The number of halogens is 1. The van der Waals surface area contributed by atoms with E-state index in [1.807, 2.05) is 61.5 Å². The second-order valence-electron chi connectivity index (χ2n) is 10.9. The summed E-state index contributed by atoms with van der Waals surface area (Å²) in [6, 6.07) is 25.0. The summed E-state index contributed by atoms with van der Waals surface area (Å²) in [4.78, 5) is 29.3. The van der Waals surface area contributed by atoms with Crippen LogP contribution < -0.4 is 19.1 Å². The average Bonchev–Trinajstić information content (AvgIpc) is 3.06. The van der Waals surface area contributed by atoms with Crippen LogP contribution in [0.2, 0.25) is 0 Å². The summed E-state index contributed by atoms with van der Waals surface area (Å²) in [6.07, 6.45) is 0.204. The van der Waals surface area contributed by atoms with Crippen molar-refractivity contribution in [3.8, 4) is 11.5 Å². The first-order valence-electron chi connectivity index (χ1n) is 15.0. The molecule has 0 bridgehead atoms. The molecule has 4 aromatic carbocycles. The zero-order valence-electron chi connectivity index (χ0n) is 25.7. The molecule has 0 saturated carbocycles. The monoisotopic (exact) mass is 645 g/mol. The lowest BCUT2D eigenvalue weighted by Crippen LogP contribution is -2.53. The smallest absolute Gasteiger partial charge is 0.264 e. The van der Waals surface area contributed by atoms with E-state index in [1.165, 1.54) is 35.2 Å². The van der Waals surface area contributed by atoms with Crippen LogP contribution in [0.15, 0.2) is 102 Å². The number of sulfonamides is 1. The van der Waals surface area contributed by atoms with Crippen molar-refractivity contribution in [1.82, 2.24) is 10.2 Å². The van der Waals surface area contributed by atoms with Gasteiger partial charge in [0.25, 0.3) is 10.0 Å². The highest BCUT2D eigenvalue weighted by atomic mass is 32.2. The van der Waals surface area contributed by atoms with Crippen LogP contribution in [-0.4, -0.2) is 57.5 Å². The SMILES string of the molecule is CCNC(=O)C(Cc1ccccc1)N(Cc1cccc(C)c1)C(=O)CN(c1ccc(F)cc1)S(=O)(=O)c1ccc2c(c1)OCCO2. The zero-order chi connectivity index (χ0) is 32.7. The fourth-order valence-electron chi connectivity index (χ4n) is 5.30. The first kappa shape index (κ1) is 32.5. The number of hydrogen-bond acceptors (Lipinski definition) is 6. The number of hydrogen-bond donors (Lipinski definition) is 1. The number of anilines is 1. The maximum Gasteiger partial charge on any atom is 0.264 e. The number of fused-ring (bicyclic) bond motifs is 1. The number of benzene rings is 4. The highest BCUT2D eigenvalue weighted by Gasteiger charge is 2.35. The Bertz CT molecular complexity index is 1780. The maximum atomic E-state index is 14.5. The van der Waals surface area contributed by atoms with Gasteiger partial charge in [0.15, 0.2) is 11.5 Å². The first-order valence-corrected chi connectivity index (χ1v) is 16.4. The van der Waals surface area contributed by atoms with Gasteiger partial charge in [0.2, 0.25) is 11.8 Å². The molecule has 9 nitrogen and oxygen atoms in total. The molecule has 1 atom stereocenters. The fraction of sp³-hybridized carbons (Fsp3) is 0.257. The molecule has 0 spiro atoms. The van der Waals surface area contributed by atoms with E-state index >= 15 is 0 Å². The topological polar surface area (TPSA) is 105 Å². The summed E-state index contributed by atoms with van der Waals surface area (Å²) in [7, 11) is -4.40. The fourth-order valence-corrected chi connectivity index (χ4v) is 6.73. The van der Waals surface area contributed by atoms with Crippen molar-refractivity contribution in [2.45, 2.75) is 37.8 Å². The van der Waals surface area contributed by atoms with Crippen molar-refractivity contribution >= 4 is 27.5 Å². The van der Waals surface area contributed by atoms with Crippen LogP contribution in [0.1, 0.15) is 23.6 Å². The van der Waals surface area contributed by atoms with Gasteiger partial charge in [0.1, 0.15) is 31.6 Å². The molecule has 1 heterocycles. The highest BCUT2D eigenvalue weighted by molar-refractivity contribution is 7.92. The Labute approximate surface area is 268 Å². The number of likely N-dealkylation sites (N-methyl/N-ethyl adjacent to an activating group) is 1. The summed E-state index contributed by atoms with van der Waals surface area (Å²) < 4.78 is 54.6. The van der Waals surface area contributed by atoms with Crippen LogP contribution in [0, 0.1) is 12.7 Å². The van der Waals surface area contributed by atoms with E-state index in [1.54, 1.807) is 6.92 Å². The van der Waals surface area contributed by atoms with Gasteiger partial charge in [0.05, 0.1) is 10.6 Å². The molecule has 11 heteroatoms. The largest absolute Gasteiger partial charge is 0.486 e. The van der Waals surface area contributed by atoms with Gasteiger partial charge in [-0.15, -0.1) is 0 Å². The van der Waals surface area contributed by atoms with Gasteiger partial charge < -0.3 is 19.7 Å². The Kier molecular flexibility index (Phi) is 10.2. The molecule has 1 N–H and O–H groups in total. The minimum Gasteiger partial charge on any atom is -0.486 e. The van der Waals surface area contributed by atoms with Gasteiger partial charge in [0, 0.05) is 25.6 Å². The van der Waals surface area contributed by atoms with E-state index < -0.39 is 34.3 Å². The number of ether oxygens (including phenoxy) is 2. The van der Waals surface area contributed by atoms with E-state index in [-0.39, 0.29) is 41.8 Å². The molecule has 0 radical (unpaired) electrons. The Morgan fingerprint density at radius 3 is 2.26 bits per heavy atom. The first-order chi connectivity index (χ1) is 22.2. The second kappa shape index (κ2) is 14.5. The highest BCUT2D eigenvalue weighted by Crippen LogP contribution is 2.34. The van der Waals surface area contributed by atoms with Gasteiger partial charge in [-0.2, -0.15) is 0 Å². The van der Waals surface area contributed by atoms with E-state index in [0.717, 1.165) is 33.1 Å². The Morgan fingerprint density at radius 1 is 0.870 bits per heavy atom. The molecule has 1 aliphatic heterocycles. The van der Waals surface area contributed by atoms with Crippen molar-refractivity contribution in [2.24, 2.45) is 0 Å². The molecule has 0 aromatic heterocycles. The summed E-state index contributed by atoms with van der Waals surface area (Å²) in [5.41, 5.74) is 2.66. The summed E-state index contributed by atoms with van der Waals surface area (Å²) in [5, 5.41) is 2.84. The number of nitrogens with one attached hydrogen (secondary N) is 1.